The van der Waals surface area contributed by atoms with Crippen LogP contribution in [0.15, 0.2) is 12.2 Å². The molecule has 0 bridgehead atoms. The van der Waals surface area contributed by atoms with Gasteiger partial charge >= 0.3 is 5.97 Å². The Morgan fingerprint density at radius 1 is 1.62 bits per heavy atom. The third-order valence-corrected chi connectivity index (χ3v) is 1.94. The van der Waals surface area contributed by atoms with Crippen molar-refractivity contribution >= 4 is 11.9 Å². The first-order chi connectivity index (χ1) is 6.15. The first-order valence-electron chi connectivity index (χ1n) is 4.29. The number of primary amides is 1. The molecule has 1 amide bonds. The molecule has 1 aliphatic carbocycles. The summed E-state index contributed by atoms with van der Waals surface area (Å²) in [6.45, 7) is 2.18. The minimum Gasteiger partial charge on any atom is -0.466 e. The molecule has 0 heterocycles. The van der Waals surface area contributed by atoms with Crippen LogP contribution in [0, 0.1) is 11.8 Å². The summed E-state index contributed by atoms with van der Waals surface area (Å²) in [6, 6.07) is 0. The Hall–Kier alpha value is -1.32. The van der Waals surface area contributed by atoms with Gasteiger partial charge in [-0.2, -0.15) is 0 Å². The van der Waals surface area contributed by atoms with Crippen molar-refractivity contribution in [3.63, 3.8) is 0 Å². The molecular weight excluding hydrogens is 170 g/mol. The Kier molecular flexibility index (Phi) is 3.06. The average Bonchev–Trinajstić information content (AvgIpc) is 2.80. The molecule has 0 spiro atoms. The number of hydrogen-bond acceptors (Lipinski definition) is 3. The van der Waals surface area contributed by atoms with E-state index in [-0.39, 0.29) is 17.8 Å². The molecule has 1 rings (SSSR count). The smallest absolute Gasteiger partial charge is 0.309 e. The maximum Gasteiger partial charge on any atom is 0.309 e. The summed E-state index contributed by atoms with van der Waals surface area (Å²) in [5, 5.41) is 0. The zero-order valence-electron chi connectivity index (χ0n) is 7.53. The molecule has 13 heavy (non-hydrogen) atoms. The molecule has 0 aromatic carbocycles. The van der Waals surface area contributed by atoms with E-state index in [1.807, 2.05) is 0 Å². The van der Waals surface area contributed by atoms with Crippen LogP contribution in [0.1, 0.15) is 13.3 Å². The number of nitrogens with two attached hydrogens (primary N) is 1. The van der Waals surface area contributed by atoms with Crippen molar-refractivity contribution in [1.82, 2.24) is 0 Å². The molecule has 0 aromatic heterocycles. The maximum atomic E-state index is 11.1. The van der Waals surface area contributed by atoms with E-state index in [1.165, 1.54) is 6.08 Å². The Morgan fingerprint density at radius 3 is 2.85 bits per heavy atom. The first-order valence-corrected chi connectivity index (χ1v) is 4.29. The number of esters is 1. The van der Waals surface area contributed by atoms with Gasteiger partial charge in [-0.05, 0) is 25.3 Å². The van der Waals surface area contributed by atoms with Crippen LogP contribution < -0.4 is 5.73 Å². The van der Waals surface area contributed by atoms with E-state index in [2.05, 4.69) is 0 Å². The molecule has 72 valence electrons. The molecule has 1 fully saturated rings. The summed E-state index contributed by atoms with van der Waals surface area (Å²) >= 11 is 0. The molecule has 0 aromatic rings. The molecule has 0 unspecified atom stereocenters. The van der Waals surface area contributed by atoms with Gasteiger partial charge in [0, 0.05) is 0 Å². The summed E-state index contributed by atoms with van der Waals surface area (Å²) in [5.74, 6) is -0.571. The number of amides is 1. The number of carbonyl (C=O) groups excluding carboxylic acids is 2. The SMILES string of the molecule is CCOC(=O)[C@H]1C[C@@H]1/C=C/C(N)=O. The maximum absolute atomic E-state index is 11.1. The zero-order valence-corrected chi connectivity index (χ0v) is 7.53. The van der Waals surface area contributed by atoms with Crippen molar-refractivity contribution in [2.45, 2.75) is 13.3 Å². The summed E-state index contributed by atoms with van der Waals surface area (Å²) < 4.78 is 4.81. The van der Waals surface area contributed by atoms with Crippen LogP contribution in [0.4, 0.5) is 0 Å². The van der Waals surface area contributed by atoms with Gasteiger partial charge in [-0.3, -0.25) is 9.59 Å². The van der Waals surface area contributed by atoms with Crippen LogP contribution in [-0.2, 0) is 14.3 Å². The van der Waals surface area contributed by atoms with E-state index in [4.69, 9.17) is 10.5 Å². The lowest BCUT2D eigenvalue weighted by Crippen LogP contribution is -2.08. The number of carbonyl (C=O) groups is 2. The van der Waals surface area contributed by atoms with Gasteiger partial charge in [-0.1, -0.05) is 6.08 Å². The summed E-state index contributed by atoms with van der Waals surface area (Å²) in [6.07, 6.45) is 3.73. The largest absolute Gasteiger partial charge is 0.466 e. The molecular formula is C9H13NO3. The number of rotatable bonds is 4. The van der Waals surface area contributed by atoms with E-state index in [0.717, 1.165) is 6.42 Å². The van der Waals surface area contributed by atoms with Crippen molar-refractivity contribution in [1.29, 1.82) is 0 Å². The number of ether oxygens (including phenoxy) is 1. The fraction of sp³-hybridized carbons (Fsp3) is 0.556. The van der Waals surface area contributed by atoms with Crippen molar-refractivity contribution in [2.75, 3.05) is 6.61 Å². The van der Waals surface area contributed by atoms with Gasteiger partial charge < -0.3 is 10.5 Å². The van der Waals surface area contributed by atoms with E-state index < -0.39 is 5.91 Å². The predicted molar refractivity (Wildman–Crippen MR) is 46.6 cm³/mol. The monoisotopic (exact) mass is 183 g/mol. The van der Waals surface area contributed by atoms with Crippen LogP contribution in [0.5, 0.6) is 0 Å². The first kappa shape index (κ1) is 9.77. The molecule has 0 saturated heterocycles. The molecule has 2 atom stereocenters. The Bertz CT molecular complexity index is 247. The van der Waals surface area contributed by atoms with Gasteiger partial charge in [0.25, 0.3) is 0 Å². The van der Waals surface area contributed by atoms with E-state index in [1.54, 1.807) is 13.0 Å². The molecule has 0 radical (unpaired) electrons. The molecule has 1 aliphatic rings. The minimum absolute atomic E-state index is 0.0597. The Balaban J connectivity index is 2.30. The van der Waals surface area contributed by atoms with E-state index >= 15 is 0 Å². The van der Waals surface area contributed by atoms with Crippen molar-refractivity contribution in [3.8, 4) is 0 Å². The lowest BCUT2D eigenvalue weighted by atomic mass is 10.3. The summed E-state index contributed by atoms with van der Waals surface area (Å²) in [7, 11) is 0. The molecule has 2 N–H and O–H groups in total. The third kappa shape index (κ3) is 2.89. The highest BCUT2D eigenvalue weighted by Gasteiger charge is 2.42. The lowest BCUT2D eigenvalue weighted by Gasteiger charge is -1.97. The minimum atomic E-state index is -0.477. The van der Waals surface area contributed by atoms with Crippen molar-refractivity contribution < 1.29 is 14.3 Å². The number of hydrogen-bond donors (Lipinski definition) is 1. The van der Waals surface area contributed by atoms with Gasteiger partial charge in [0.15, 0.2) is 0 Å². The summed E-state index contributed by atoms with van der Waals surface area (Å²) in [4.78, 5) is 21.4. The molecule has 1 saturated carbocycles. The van der Waals surface area contributed by atoms with Gasteiger partial charge in [-0.25, -0.2) is 0 Å². The standard InChI is InChI=1S/C9H13NO3/c1-2-13-9(12)7-5-6(7)3-4-8(10)11/h3-4,6-7H,2,5H2,1H3,(H2,10,11)/b4-3+/t6-,7-/m0/s1. The van der Waals surface area contributed by atoms with Gasteiger partial charge in [0.2, 0.25) is 5.91 Å². The fourth-order valence-corrected chi connectivity index (χ4v) is 1.17. The molecule has 0 aliphatic heterocycles. The average molecular weight is 183 g/mol. The summed E-state index contributed by atoms with van der Waals surface area (Å²) in [5.41, 5.74) is 4.91. The molecule has 4 nitrogen and oxygen atoms in total. The fourth-order valence-electron chi connectivity index (χ4n) is 1.17. The quantitative estimate of drug-likeness (QED) is 0.501. The van der Waals surface area contributed by atoms with E-state index in [9.17, 15) is 9.59 Å². The van der Waals surface area contributed by atoms with Crippen LogP contribution in [0.25, 0.3) is 0 Å². The van der Waals surface area contributed by atoms with Crippen LogP contribution in [0.2, 0.25) is 0 Å². The van der Waals surface area contributed by atoms with Crippen molar-refractivity contribution in [2.24, 2.45) is 17.6 Å². The second kappa shape index (κ2) is 4.07. The van der Waals surface area contributed by atoms with Crippen LogP contribution >= 0.6 is 0 Å². The Labute approximate surface area is 76.7 Å². The van der Waals surface area contributed by atoms with Crippen LogP contribution in [0.3, 0.4) is 0 Å². The predicted octanol–water partition coefficient (Wildman–Crippen LogP) is 0.227. The van der Waals surface area contributed by atoms with Gasteiger partial charge in [0.1, 0.15) is 0 Å². The zero-order chi connectivity index (χ0) is 9.84. The second-order valence-corrected chi connectivity index (χ2v) is 3.02. The highest BCUT2D eigenvalue weighted by Crippen LogP contribution is 2.40. The van der Waals surface area contributed by atoms with Gasteiger partial charge in [0.05, 0.1) is 12.5 Å². The van der Waals surface area contributed by atoms with Gasteiger partial charge in [-0.15, -0.1) is 0 Å². The Morgan fingerprint density at radius 2 is 2.31 bits per heavy atom. The topological polar surface area (TPSA) is 69.4 Å². The van der Waals surface area contributed by atoms with Crippen molar-refractivity contribution in [3.05, 3.63) is 12.2 Å². The third-order valence-electron chi connectivity index (χ3n) is 1.94. The van der Waals surface area contributed by atoms with E-state index in [0.29, 0.717) is 6.61 Å². The second-order valence-electron chi connectivity index (χ2n) is 3.02. The lowest BCUT2D eigenvalue weighted by molar-refractivity contribution is -0.144. The number of allylic oxidation sites excluding steroid dienone is 1. The molecule has 4 heteroatoms. The normalized spacial score (nSPS) is 25.9. The highest BCUT2D eigenvalue weighted by atomic mass is 16.5. The highest BCUT2D eigenvalue weighted by molar-refractivity contribution is 5.86. The van der Waals surface area contributed by atoms with Crippen LogP contribution in [-0.4, -0.2) is 18.5 Å².